The van der Waals surface area contributed by atoms with E-state index in [1.165, 1.54) is 0 Å². The van der Waals surface area contributed by atoms with Gasteiger partial charge in [-0.25, -0.2) is 9.64 Å². The summed E-state index contributed by atoms with van der Waals surface area (Å²) in [5.74, 6) is -0.389. The number of benzene rings is 2. The van der Waals surface area contributed by atoms with Crippen LogP contribution in [0.25, 0.3) is 16.0 Å². The van der Waals surface area contributed by atoms with Crippen molar-refractivity contribution in [3.05, 3.63) is 72.1 Å². The van der Waals surface area contributed by atoms with Crippen LogP contribution in [0.1, 0.15) is 19.8 Å². The van der Waals surface area contributed by atoms with Crippen molar-refractivity contribution < 1.29 is 19.1 Å². The molecule has 2 rings (SSSR count). The van der Waals surface area contributed by atoms with E-state index in [1.54, 1.807) is 31.2 Å². The van der Waals surface area contributed by atoms with Crippen LogP contribution in [-0.4, -0.2) is 18.5 Å². The van der Waals surface area contributed by atoms with Gasteiger partial charge < -0.3 is 9.47 Å². The molecule has 0 atom stereocenters. The van der Waals surface area contributed by atoms with Crippen molar-refractivity contribution in [2.24, 2.45) is 0 Å². The van der Waals surface area contributed by atoms with E-state index >= 15 is 0 Å². The van der Waals surface area contributed by atoms with Gasteiger partial charge in [-0.3, -0.25) is 4.79 Å². The van der Waals surface area contributed by atoms with Crippen LogP contribution in [0.4, 0.5) is 5.69 Å². The van der Waals surface area contributed by atoms with E-state index in [0.29, 0.717) is 23.4 Å². The van der Waals surface area contributed by atoms with E-state index in [1.807, 2.05) is 24.3 Å². The van der Waals surface area contributed by atoms with Crippen molar-refractivity contribution in [3.63, 3.8) is 0 Å². The predicted octanol–water partition coefficient (Wildman–Crippen LogP) is 4.71. The summed E-state index contributed by atoms with van der Waals surface area (Å²) >= 11 is 0. The molecule has 132 valence electrons. The molecule has 0 spiro atoms. The number of esters is 2. The average Bonchev–Trinajstić information content (AvgIpc) is 2.65. The molecule has 26 heavy (non-hydrogen) atoms. The first kappa shape index (κ1) is 18.9. The maximum atomic E-state index is 11.8. The largest absolute Gasteiger partial charge is 0.462 e. The normalized spacial score (nSPS) is 9.85. The highest BCUT2D eigenvalue weighted by Gasteiger charge is 2.07. The molecule has 0 aromatic heterocycles. The minimum absolute atomic E-state index is 0.153. The van der Waals surface area contributed by atoms with Crippen LogP contribution in [0.3, 0.4) is 0 Å². The summed E-state index contributed by atoms with van der Waals surface area (Å²) in [7, 11) is 0. The Hall–Kier alpha value is -3.39. The first-order chi connectivity index (χ1) is 12.5. The van der Waals surface area contributed by atoms with Crippen LogP contribution < -0.4 is 4.74 Å². The Labute approximate surface area is 152 Å². The third-order valence-corrected chi connectivity index (χ3v) is 3.52. The predicted molar refractivity (Wildman–Crippen MR) is 98.8 cm³/mol. The van der Waals surface area contributed by atoms with Crippen molar-refractivity contribution in [1.29, 1.82) is 0 Å². The first-order valence-electron chi connectivity index (χ1n) is 8.11. The van der Waals surface area contributed by atoms with E-state index in [-0.39, 0.29) is 19.0 Å². The lowest BCUT2D eigenvalue weighted by molar-refractivity contribution is -0.141. The van der Waals surface area contributed by atoms with Crippen LogP contribution in [-0.2, 0) is 14.3 Å². The van der Waals surface area contributed by atoms with Gasteiger partial charge in [-0.2, -0.15) is 0 Å². The SMILES string of the molecule is [C-]#[N+]c1ccc(-c2ccc(OC(=O)CCCOC(=O)C(=C)C)cc2)cc1. The summed E-state index contributed by atoms with van der Waals surface area (Å²) in [5.41, 5.74) is 2.87. The molecule has 0 amide bonds. The van der Waals surface area contributed by atoms with Gasteiger partial charge in [0, 0.05) is 12.0 Å². The van der Waals surface area contributed by atoms with E-state index in [4.69, 9.17) is 16.0 Å². The van der Waals surface area contributed by atoms with Crippen LogP contribution in [0.5, 0.6) is 5.75 Å². The van der Waals surface area contributed by atoms with Crippen molar-refractivity contribution in [2.75, 3.05) is 6.61 Å². The fourth-order valence-corrected chi connectivity index (χ4v) is 2.13. The number of nitrogens with zero attached hydrogens (tertiary/aromatic N) is 1. The van der Waals surface area contributed by atoms with Gasteiger partial charge >= 0.3 is 11.9 Å². The van der Waals surface area contributed by atoms with E-state index < -0.39 is 5.97 Å². The minimum atomic E-state index is -0.460. The number of hydrogen-bond acceptors (Lipinski definition) is 4. The van der Waals surface area contributed by atoms with Crippen molar-refractivity contribution >= 4 is 17.6 Å². The first-order valence-corrected chi connectivity index (χ1v) is 8.11. The second kappa shape index (κ2) is 9.19. The molecule has 2 aromatic rings. The fourth-order valence-electron chi connectivity index (χ4n) is 2.13. The lowest BCUT2D eigenvalue weighted by atomic mass is 10.1. The van der Waals surface area contributed by atoms with Gasteiger partial charge in [-0.1, -0.05) is 43.0 Å². The zero-order valence-corrected chi connectivity index (χ0v) is 14.5. The van der Waals surface area contributed by atoms with Gasteiger partial charge in [0.05, 0.1) is 13.2 Å². The number of rotatable bonds is 7. The molecule has 0 aliphatic rings. The lowest BCUT2D eigenvalue weighted by Crippen LogP contribution is -2.11. The Morgan fingerprint density at radius 1 is 1.04 bits per heavy atom. The topological polar surface area (TPSA) is 57.0 Å². The van der Waals surface area contributed by atoms with Gasteiger partial charge in [-0.05, 0) is 36.6 Å². The highest BCUT2D eigenvalue weighted by molar-refractivity contribution is 5.86. The molecule has 0 saturated heterocycles. The quantitative estimate of drug-likeness (QED) is 0.239. The molecule has 5 nitrogen and oxygen atoms in total. The Kier molecular flexibility index (Phi) is 6.69. The summed E-state index contributed by atoms with van der Waals surface area (Å²) in [5, 5.41) is 0. The summed E-state index contributed by atoms with van der Waals surface area (Å²) in [6.07, 6.45) is 0.548. The molecule has 0 unspecified atom stereocenters. The number of hydrogen-bond donors (Lipinski definition) is 0. The van der Waals surface area contributed by atoms with Crippen molar-refractivity contribution in [2.45, 2.75) is 19.8 Å². The third kappa shape index (κ3) is 5.60. The lowest BCUT2D eigenvalue weighted by Gasteiger charge is -2.07. The summed E-state index contributed by atoms with van der Waals surface area (Å²) < 4.78 is 10.2. The van der Waals surface area contributed by atoms with Crippen molar-refractivity contribution in [1.82, 2.24) is 0 Å². The standard InChI is InChI=1S/C21H19NO4/c1-15(2)21(24)25-14-4-5-20(23)26-19-12-8-17(9-13-19)16-6-10-18(22-3)11-7-16/h6-13H,1,4-5,14H2,2H3. The van der Waals surface area contributed by atoms with E-state index in [0.717, 1.165) is 11.1 Å². The minimum Gasteiger partial charge on any atom is -0.462 e. The highest BCUT2D eigenvalue weighted by Crippen LogP contribution is 2.25. The summed E-state index contributed by atoms with van der Waals surface area (Å²) in [6.45, 7) is 12.2. The van der Waals surface area contributed by atoms with Gasteiger partial charge in [-0.15, -0.1) is 0 Å². The van der Waals surface area contributed by atoms with Gasteiger partial charge in [0.25, 0.3) is 0 Å². The molecule has 5 heteroatoms. The second-order valence-corrected chi connectivity index (χ2v) is 5.68. The Balaban J connectivity index is 1.82. The zero-order chi connectivity index (χ0) is 18.9. The second-order valence-electron chi connectivity index (χ2n) is 5.68. The maximum absolute atomic E-state index is 11.8. The molecular weight excluding hydrogens is 330 g/mol. The van der Waals surface area contributed by atoms with Crippen molar-refractivity contribution in [3.8, 4) is 16.9 Å². The van der Waals surface area contributed by atoms with Gasteiger partial charge in [0.2, 0.25) is 0 Å². The zero-order valence-electron chi connectivity index (χ0n) is 14.5. The molecule has 2 aromatic carbocycles. The summed E-state index contributed by atoms with van der Waals surface area (Å²) in [6, 6.07) is 14.4. The Morgan fingerprint density at radius 3 is 2.15 bits per heavy atom. The van der Waals surface area contributed by atoms with Crippen LogP contribution in [0, 0.1) is 6.57 Å². The molecule has 0 aliphatic heterocycles. The molecule has 0 saturated carbocycles. The van der Waals surface area contributed by atoms with Gasteiger partial charge in [0.1, 0.15) is 5.75 Å². The number of carbonyl (C=O) groups excluding carboxylic acids is 2. The van der Waals surface area contributed by atoms with Crippen LogP contribution in [0.2, 0.25) is 0 Å². The number of carbonyl (C=O) groups is 2. The molecular formula is C21H19NO4. The number of ether oxygens (including phenoxy) is 2. The molecule has 0 fully saturated rings. The van der Waals surface area contributed by atoms with Crippen LogP contribution in [0.15, 0.2) is 60.7 Å². The Bertz CT molecular complexity index is 830. The third-order valence-electron chi connectivity index (χ3n) is 3.52. The fraction of sp³-hybridized carbons (Fsp3) is 0.190. The maximum Gasteiger partial charge on any atom is 0.333 e. The average molecular weight is 349 g/mol. The smallest absolute Gasteiger partial charge is 0.333 e. The van der Waals surface area contributed by atoms with Gasteiger partial charge in [0.15, 0.2) is 5.69 Å². The highest BCUT2D eigenvalue weighted by atomic mass is 16.5. The summed E-state index contributed by atoms with van der Waals surface area (Å²) in [4.78, 5) is 26.4. The Morgan fingerprint density at radius 2 is 1.62 bits per heavy atom. The van der Waals surface area contributed by atoms with Crippen LogP contribution >= 0.6 is 0 Å². The van der Waals surface area contributed by atoms with E-state index in [9.17, 15) is 9.59 Å². The molecule has 0 radical (unpaired) electrons. The molecule has 0 N–H and O–H groups in total. The molecule has 0 aliphatic carbocycles. The monoisotopic (exact) mass is 349 g/mol. The molecule has 0 heterocycles. The van der Waals surface area contributed by atoms with E-state index in [2.05, 4.69) is 11.4 Å². The molecule has 0 bridgehead atoms.